The summed E-state index contributed by atoms with van der Waals surface area (Å²) in [6, 6.07) is 0.850. The van der Waals surface area contributed by atoms with Crippen LogP contribution in [0.3, 0.4) is 0 Å². The average Bonchev–Trinajstić information content (AvgIpc) is 2.75. The van der Waals surface area contributed by atoms with Crippen LogP contribution < -0.4 is 0 Å². The summed E-state index contributed by atoms with van der Waals surface area (Å²) in [7, 11) is 0. The molecule has 0 bridgehead atoms. The molecule has 186 valence electrons. The minimum atomic E-state index is 0.342. The van der Waals surface area contributed by atoms with Crippen LogP contribution >= 0.6 is 0 Å². The Bertz CT molecular complexity index is 570. The number of likely N-dealkylation sites (tertiary alicyclic amines) is 4. The van der Waals surface area contributed by atoms with E-state index in [1.54, 1.807) is 0 Å². The van der Waals surface area contributed by atoms with Crippen molar-refractivity contribution < 1.29 is 0 Å². The first kappa shape index (κ1) is 24.9. The molecule has 32 heavy (non-hydrogen) atoms. The highest BCUT2D eigenvalue weighted by molar-refractivity contribution is 4.94. The van der Waals surface area contributed by atoms with Gasteiger partial charge in [0.15, 0.2) is 0 Å². The summed E-state index contributed by atoms with van der Waals surface area (Å²) in [6.45, 7) is 26.3. The SMILES string of the molecule is CC(C)(C)N1CCC(N2CCC(CN3CCC4(CC3)CCN(C(C)(C)C)CC4)CC2)CC1. The number of rotatable bonds is 3. The maximum atomic E-state index is 2.85. The topological polar surface area (TPSA) is 13.0 Å². The molecule has 0 N–H and O–H groups in total. The summed E-state index contributed by atoms with van der Waals surface area (Å²) < 4.78 is 0. The molecule has 4 aliphatic heterocycles. The van der Waals surface area contributed by atoms with Gasteiger partial charge in [0, 0.05) is 36.8 Å². The lowest BCUT2D eigenvalue weighted by atomic mass is 9.70. The minimum absolute atomic E-state index is 0.342. The van der Waals surface area contributed by atoms with Gasteiger partial charge in [0.25, 0.3) is 0 Å². The van der Waals surface area contributed by atoms with E-state index >= 15 is 0 Å². The molecule has 0 aromatic rings. The average molecular weight is 447 g/mol. The van der Waals surface area contributed by atoms with Gasteiger partial charge in [0.1, 0.15) is 0 Å². The van der Waals surface area contributed by atoms with E-state index in [1.165, 1.54) is 110 Å². The molecule has 4 heteroatoms. The van der Waals surface area contributed by atoms with Gasteiger partial charge < -0.3 is 9.80 Å². The summed E-state index contributed by atoms with van der Waals surface area (Å²) in [6.07, 6.45) is 11.4. The summed E-state index contributed by atoms with van der Waals surface area (Å²) >= 11 is 0. The normalized spacial score (nSPS) is 29.1. The van der Waals surface area contributed by atoms with Gasteiger partial charge in [-0.2, -0.15) is 0 Å². The highest BCUT2D eigenvalue weighted by Crippen LogP contribution is 2.42. The molecule has 4 aliphatic rings. The molecule has 0 amide bonds. The zero-order valence-corrected chi connectivity index (χ0v) is 22.5. The van der Waals surface area contributed by atoms with Gasteiger partial charge in [0.2, 0.25) is 0 Å². The van der Waals surface area contributed by atoms with Crippen LogP contribution in [0.5, 0.6) is 0 Å². The van der Waals surface area contributed by atoms with Crippen LogP contribution in [-0.4, -0.2) is 95.6 Å². The van der Waals surface area contributed by atoms with Gasteiger partial charge in [-0.1, -0.05) is 0 Å². The van der Waals surface area contributed by atoms with Crippen molar-refractivity contribution in [3.8, 4) is 0 Å². The van der Waals surface area contributed by atoms with E-state index in [2.05, 4.69) is 61.1 Å². The molecule has 0 unspecified atom stereocenters. The highest BCUT2D eigenvalue weighted by Gasteiger charge is 2.40. The van der Waals surface area contributed by atoms with Crippen molar-refractivity contribution >= 4 is 0 Å². The van der Waals surface area contributed by atoms with E-state index in [9.17, 15) is 0 Å². The maximum Gasteiger partial charge on any atom is 0.0125 e. The summed E-state index contributed by atoms with van der Waals surface area (Å²) in [5.74, 6) is 0.942. The predicted octanol–water partition coefficient (Wildman–Crippen LogP) is 4.94. The van der Waals surface area contributed by atoms with Crippen molar-refractivity contribution in [2.45, 2.75) is 110 Å². The lowest BCUT2D eigenvalue weighted by molar-refractivity contribution is -0.00368. The first-order valence-electron chi connectivity index (χ1n) is 14.0. The molecular weight excluding hydrogens is 392 g/mol. The van der Waals surface area contributed by atoms with Crippen LogP contribution in [0, 0.1) is 11.3 Å². The quantitative estimate of drug-likeness (QED) is 0.609. The van der Waals surface area contributed by atoms with E-state index in [1.807, 2.05) is 0 Å². The van der Waals surface area contributed by atoms with Crippen LogP contribution in [0.1, 0.15) is 92.9 Å². The molecular formula is C28H54N4. The lowest BCUT2D eigenvalue weighted by Crippen LogP contribution is -2.53. The summed E-state index contributed by atoms with van der Waals surface area (Å²) in [4.78, 5) is 11.1. The van der Waals surface area contributed by atoms with E-state index < -0.39 is 0 Å². The van der Waals surface area contributed by atoms with E-state index in [4.69, 9.17) is 0 Å². The lowest BCUT2D eigenvalue weighted by Gasteiger charge is -2.50. The Morgan fingerprint density at radius 3 is 1.56 bits per heavy atom. The Morgan fingerprint density at radius 2 is 1.06 bits per heavy atom. The number of hydrogen-bond acceptors (Lipinski definition) is 4. The van der Waals surface area contributed by atoms with Crippen molar-refractivity contribution in [2.24, 2.45) is 11.3 Å². The van der Waals surface area contributed by atoms with Crippen LogP contribution in [0.25, 0.3) is 0 Å². The molecule has 4 rings (SSSR count). The zero-order chi connectivity index (χ0) is 23.0. The van der Waals surface area contributed by atoms with Gasteiger partial charge in [0.05, 0.1) is 0 Å². The van der Waals surface area contributed by atoms with E-state index in [0.29, 0.717) is 16.5 Å². The second kappa shape index (κ2) is 9.84. The number of nitrogens with zero attached hydrogens (tertiary/aromatic N) is 4. The molecule has 0 aromatic heterocycles. The van der Waals surface area contributed by atoms with Gasteiger partial charge in [-0.3, -0.25) is 9.80 Å². The van der Waals surface area contributed by atoms with Crippen LogP contribution in [0.2, 0.25) is 0 Å². The van der Waals surface area contributed by atoms with Crippen LogP contribution in [0.4, 0.5) is 0 Å². The predicted molar refractivity (Wildman–Crippen MR) is 137 cm³/mol. The molecule has 0 radical (unpaired) electrons. The third kappa shape index (κ3) is 6.09. The zero-order valence-electron chi connectivity index (χ0n) is 22.5. The molecule has 1 spiro atoms. The molecule has 0 aliphatic carbocycles. The van der Waals surface area contributed by atoms with Gasteiger partial charge in [-0.05, 0) is 144 Å². The standard InChI is InChI=1S/C28H54N4/c1-26(2,3)31-17-9-25(10-18-31)30-15-7-24(8-16-30)23-29-19-11-28(12-20-29)13-21-32(22-14-28)27(4,5)6/h24-25H,7-23H2,1-6H3. The molecule has 4 saturated heterocycles. The fourth-order valence-corrected chi connectivity index (χ4v) is 7.13. The Kier molecular flexibility index (Phi) is 7.67. The van der Waals surface area contributed by atoms with Crippen molar-refractivity contribution in [3.05, 3.63) is 0 Å². The van der Waals surface area contributed by atoms with E-state index in [-0.39, 0.29) is 0 Å². The maximum absolute atomic E-state index is 2.85. The fraction of sp³-hybridized carbons (Fsp3) is 1.00. The molecule has 0 aromatic carbocycles. The second-order valence-electron chi connectivity index (χ2n) is 13.8. The van der Waals surface area contributed by atoms with Crippen molar-refractivity contribution in [1.29, 1.82) is 0 Å². The second-order valence-corrected chi connectivity index (χ2v) is 13.8. The van der Waals surface area contributed by atoms with Gasteiger partial charge in [-0.15, -0.1) is 0 Å². The summed E-state index contributed by atoms with van der Waals surface area (Å²) in [5, 5.41) is 0. The van der Waals surface area contributed by atoms with Crippen molar-refractivity contribution in [2.75, 3.05) is 58.9 Å². The van der Waals surface area contributed by atoms with E-state index in [0.717, 1.165) is 12.0 Å². The Hall–Kier alpha value is -0.160. The number of hydrogen-bond donors (Lipinski definition) is 0. The third-order valence-electron chi connectivity index (χ3n) is 9.78. The third-order valence-corrected chi connectivity index (χ3v) is 9.78. The monoisotopic (exact) mass is 446 g/mol. The smallest absolute Gasteiger partial charge is 0.0125 e. The van der Waals surface area contributed by atoms with Gasteiger partial charge in [-0.25, -0.2) is 0 Å². The molecule has 0 saturated carbocycles. The fourth-order valence-electron chi connectivity index (χ4n) is 7.13. The highest BCUT2D eigenvalue weighted by atomic mass is 15.2. The molecule has 0 atom stereocenters. The first-order valence-corrected chi connectivity index (χ1v) is 14.0. The van der Waals surface area contributed by atoms with Gasteiger partial charge >= 0.3 is 0 Å². The van der Waals surface area contributed by atoms with Crippen LogP contribution in [-0.2, 0) is 0 Å². The Balaban J connectivity index is 1.14. The van der Waals surface area contributed by atoms with Crippen molar-refractivity contribution in [1.82, 2.24) is 19.6 Å². The Morgan fingerprint density at radius 1 is 0.594 bits per heavy atom. The summed E-state index contributed by atoms with van der Waals surface area (Å²) in [5.41, 5.74) is 1.36. The first-order chi connectivity index (χ1) is 15.0. The molecule has 4 fully saturated rings. The molecule has 4 nitrogen and oxygen atoms in total. The largest absolute Gasteiger partial charge is 0.303 e. The van der Waals surface area contributed by atoms with Crippen molar-refractivity contribution in [3.63, 3.8) is 0 Å². The number of piperidine rings is 4. The minimum Gasteiger partial charge on any atom is -0.303 e. The van der Waals surface area contributed by atoms with Crippen LogP contribution in [0.15, 0.2) is 0 Å². The Labute approximate surface area is 200 Å². The molecule has 4 heterocycles.